The highest BCUT2D eigenvalue weighted by Gasteiger charge is 2.23. The van der Waals surface area contributed by atoms with Crippen molar-refractivity contribution in [3.05, 3.63) is 28.8 Å². The minimum atomic E-state index is -1.10. The Hall–Kier alpha value is -1.88. The molecule has 0 aliphatic heterocycles. The van der Waals surface area contributed by atoms with Crippen molar-refractivity contribution in [2.24, 2.45) is 5.73 Å². The van der Waals surface area contributed by atoms with E-state index in [1.54, 1.807) is 13.0 Å². The summed E-state index contributed by atoms with van der Waals surface area (Å²) in [5.41, 5.74) is 7.65. The summed E-state index contributed by atoms with van der Waals surface area (Å²) >= 11 is 0. The minimum Gasteiger partial charge on any atom is -0.496 e. The second-order valence-corrected chi connectivity index (χ2v) is 4.23. The van der Waals surface area contributed by atoms with Gasteiger partial charge < -0.3 is 15.6 Å². The van der Waals surface area contributed by atoms with Gasteiger partial charge in [-0.2, -0.15) is 0 Å². The van der Waals surface area contributed by atoms with Gasteiger partial charge in [0.05, 0.1) is 25.1 Å². The van der Waals surface area contributed by atoms with E-state index in [1.165, 1.54) is 7.11 Å². The maximum absolute atomic E-state index is 12.1. The summed E-state index contributed by atoms with van der Waals surface area (Å²) in [5, 5.41) is 8.66. The molecule has 3 N–H and O–H groups in total. The third kappa shape index (κ3) is 3.07. The number of hydrogen-bond acceptors (Lipinski definition) is 4. The highest BCUT2D eigenvalue weighted by atomic mass is 16.5. The van der Waals surface area contributed by atoms with E-state index in [0.29, 0.717) is 11.3 Å². The molecule has 0 heterocycles. The van der Waals surface area contributed by atoms with Crippen LogP contribution in [0.2, 0.25) is 0 Å². The molecule has 0 spiro atoms. The van der Waals surface area contributed by atoms with Gasteiger partial charge in [-0.1, -0.05) is 6.07 Å². The van der Waals surface area contributed by atoms with Crippen LogP contribution in [0.15, 0.2) is 12.1 Å². The predicted molar refractivity (Wildman–Crippen MR) is 67.0 cm³/mol. The average molecular weight is 251 g/mol. The van der Waals surface area contributed by atoms with Crippen LogP contribution in [0.4, 0.5) is 0 Å². The van der Waals surface area contributed by atoms with Crippen molar-refractivity contribution in [2.45, 2.75) is 26.3 Å². The maximum atomic E-state index is 12.1. The van der Waals surface area contributed by atoms with Crippen LogP contribution in [0.5, 0.6) is 5.75 Å². The molecule has 1 aromatic rings. The van der Waals surface area contributed by atoms with Crippen LogP contribution in [0.25, 0.3) is 0 Å². The number of aliphatic carboxylic acids is 1. The number of carboxylic acid groups (broad SMARTS) is 1. The van der Waals surface area contributed by atoms with Gasteiger partial charge in [-0.05, 0) is 31.0 Å². The lowest BCUT2D eigenvalue weighted by molar-refractivity contribution is -0.137. The summed E-state index contributed by atoms with van der Waals surface area (Å²) in [6, 6.07) is 2.51. The van der Waals surface area contributed by atoms with Crippen LogP contribution >= 0.6 is 0 Å². The molecule has 0 aliphatic rings. The van der Waals surface area contributed by atoms with Crippen molar-refractivity contribution in [3.63, 3.8) is 0 Å². The van der Waals surface area contributed by atoms with Gasteiger partial charge in [0.25, 0.3) is 0 Å². The second-order valence-electron chi connectivity index (χ2n) is 4.23. The standard InChI is InChI=1S/C13H17NO4/c1-7-4-8(2)12(10(5-7)18-3)13(17)9(14)6-11(15)16/h4-5,9H,6,14H2,1-3H3,(H,15,16). The lowest BCUT2D eigenvalue weighted by atomic mass is 9.95. The van der Waals surface area contributed by atoms with E-state index >= 15 is 0 Å². The molecule has 18 heavy (non-hydrogen) atoms. The van der Waals surface area contributed by atoms with Gasteiger partial charge in [0, 0.05) is 0 Å². The molecular formula is C13H17NO4. The first-order chi connectivity index (χ1) is 8.36. The van der Waals surface area contributed by atoms with Crippen LogP contribution in [0.1, 0.15) is 27.9 Å². The first kappa shape index (κ1) is 14.2. The van der Waals surface area contributed by atoms with Crippen LogP contribution in [-0.4, -0.2) is 30.0 Å². The summed E-state index contributed by atoms with van der Waals surface area (Å²) in [6.07, 6.45) is -0.394. The van der Waals surface area contributed by atoms with Crippen molar-refractivity contribution in [2.75, 3.05) is 7.11 Å². The lowest BCUT2D eigenvalue weighted by Crippen LogP contribution is -2.33. The third-order valence-electron chi connectivity index (χ3n) is 2.64. The van der Waals surface area contributed by atoms with Crippen molar-refractivity contribution < 1.29 is 19.4 Å². The molecule has 1 rings (SSSR count). The molecule has 5 heteroatoms. The molecular weight excluding hydrogens is 234 g/mol. The van der Waals surface area contributed by atoms with E-state index in [-0.39, 0.29) is 0 Å². The first-order valence-electron chi connectivity index (χ1n) is 5.53. The number of hydrogen-bond donors (Lipinski definition) is 2. The van der Waals surface area contributed by atoms with Crippen LogP contribution in [0, 0.1) is 13.8 Å². The van der Waals surface area contributed by atoms with E-state index in [4.69, 9.17) is 15.6 Å². The van der Waals surface area contributed by atoms with Crippen molar-refractivity contribution in [3.8, 4) is 5.75 Å². The second kappa shape index (κ2) is 5.64. The quantitative estimate of drug-likeness (QED) is 0.770. The SMILES string of the molecule is COc1cc(C)cc(C)c1C(=O)C(N)CC(=O)O. The summed E-state index contributed by atoms with van der Waals surface area (Å²) in [4.78, 5) is 22.7. The number of methoxy groups -OCH3 is 1. The zero-order chi connectivity index (χ0) is 13.9. The summed E-state index contributed by atoms with van der Waals surface area (Å²) in [5.74, 6) is -1.08. The molecule has 1 atom stereocenters. The number of aryl methyl sites for hydroxylation is 2. The molecule has 0 saturated heterocycles. The van der Waals surface area contributed by atoms with E-state index < -0.39 is 24.2 Å². The van der Waals surface area contributed by atoms with Crippen molar-refractivity contribution >= 4 is 11.8 Å². The molecule has 0 radical (unpaired) electrons. The summed E-state index contributed by atoms with van der Waals surface area (Å²) in [6.45, 7) is 3.66. The molecule has 0 aliphatic carbocycles. The Bertz CT molecular complexity index is 482. The van der Waals surface area contributed by atoms with Gasteiger partial charge in [0.1, 0.15) is 5.75 Å². The maximum Gasteiger partial charge on any atom is 0.305 e. The number of carboxylic acids is 1. The largest absolute Gasteiger partial charge is 0.496 e. The fourth-order valence-electron chi connectivity index (χ4n) is 1.87. The Morgan fingerprint density at radius 3 is 2.50 bits per heavy atom. The molecule has 0 aromatic heterocycles. The summed E-state index contributed by atoms with van der Waals surface area (Å²) in [7, 11) is 1.47. The monoisotopic (exact) mass is 251 g/mol. The highest BCUT2D eigenvalue weighted by molar-refractivity contribution is 6.04. The lowest BCUT2D eigenvalue weighted by Gasteiger charge is -2.15. The van der Waals surface area contributed by atoms with E-state index in [9.17, 15) is 9.59 Å². The van der Waals surface area contributed by atoms with Gasteiger partial charge in [-0.3, -0.25) is 9.59 Å². The molecule has 5 nitrogen and oxygen atoms in total. The van der Waals surface area contributed by atoms with Gasteiger partial charge in [-0.15, -0.1) is 0 Å². The third-order valence-corrected chi connectivity index (χ3v) is 2.64. The van der Waals surface area contributed by atoms with Crippen molar-refractivity contribution in [1.82, 2.24) is 0 Å². The Kier molecular flexibility index (Phi) is 4.44. The Balaban J connectivity index is 3.16. The number of ether oxygens (including phenoxy) is 1. The zero-order valence-corrected chi connectivity index (χ0v) is 10.7. The highest BCUT2D eigenvalue weighted by Crippen LogP contribution is 2.25. The van der Waals surface area contributed by atoms with Gasteiger partial charge in [-0.25, -0.2) is 0 Å². The van der Waals surface area contributed by atoms with Crippen molar-refractivity contribution in [1.29, 1.82) is 0 Å². The number of carbonyl (C=O) groups excluding carboxylic acids is 1. The number of rotatable bonds is 5. The number of ketones is 1. The molecule has 1 aromatic carbocycles. The van der Waals surface area contributed by atoms with Gasteiger partial charge in [0.15, 0.2) is 5.78 Å². The van der Waals surface area contributed by atoms with E-state index in [1.807, 2.05) is 13.0 Å². The van der Waals surface area contributed by atoms with Crippen LogP contribution in [0.3, 0.4) is 0 Å². The number of nitrogens with two attached hydrogens (primary N) is 1. The van der Waals surface area contributed by atoms with Gasteiger partial charge >= 0.3 is 5.97 Å². The molecule has 1 unspecified atom stereocenters. The summed E-state index contributed by atoms with van der Waals surface area (Å²) < 4.78 is 5.16. The average Bonchev–Trinajstić information content (AvgIpc) is 2.26. The fourth-order valence-corrected chi connectivity index (χ4v) is 1.87. The Labute approximate surface area is 106 Å². The number of benzene rings is 1. The zero-order valence-electron chi connectivity index (χ0n) is 10.7. The minimum absolute atomic E-state index is 0.358. The molecule has 98 valence electrons. The number of carbonyl (C=O) groups is 2. The van der Waals surface area contributed by atoms with E-state index in [2.05, 4.69) is 0 Å². The Morgan fingerprint density at radius 2 is 2.00 bits per heavy atom. The normalized spacial score (nSPS) is 12.0. The molecule has 0 fully saturated rings. The van der Waals surface area contributed by atoms with Crippen LogP contribution in [-0.2, 0) is 4.79 Å². The predicted octanol–water partition coefficient (Wildman–Crippen LogP) is 1.30. The molecule has 0 bridgehead atoms. The van der Waals surface area contributed by atoms with Crippen LogP contribution < -0.4 is 10.5 Å². The fraction of sp³-hybridized carbons (Fsp3) is 0.385. The molecule has 0 amide bonds. The topological polar surface area (TPSA) is 89.6 Å². The number of Topliss-reactive ketones (excluding diaryl/α,β-unsaturated/α-hetero) is 1. The molecule has 0 saturated carbocycles. The van der Waals surface area contributed by atoms with E-state index in [0.717, 1.165) is 11.1 Å². The smallest absolute Gasteiger partial charge is 0.305 e. The first-order valence-corrected chi connectivity index (χ1v) is 5.53. The van der Waals surface area contributed by atoms with Gasteiger partial charge in [0.2, 0.25) is 0 Å². The Morgan fingerprint density at radius 1 is 1.39 bits per heavy atom.